The van der Waals surface area contributed by atoms with E-state index in [1.54, 1.807) is 48.5 Å². The first kappa shape index (κ1) is 14.0. The molecule has 2 aromatic heterocycles. The summed E-state index contributed by atoms with van der Waals surface area (Å²) in [5.41, 5.74) is 1.21. The highest BCUT2D eigenvalue weighted by Gasteiger charge is 2.25. The molecule has 0 saturated carbocycles. The monoisotopic (exact) mass is 300 g/mol. The summed E-state index contributed by atoms with van der Waals surface area (Å²) in [5, 5.41) is 11.4. The van der Waals surface area contributed by atoms with Crippen molar-refractivity contribution in [2.75, 3.05) is 11.9 Å². The highest BCUT2D eigenvalue weighted by atomic mass is 19.1. The van der Waals surface area contributed by atoms with Gasteiger partial charge in [0.2, 0.25) is 11.5 Å². The predicted octanol–water partition coefficient (Wildman–Crippen LogP) is 3.02. The van der Waals surface area contributed by atoms with E-state index in [0.29, 0.717) is 17.8 Å². The van der Waals surface area contributed by atoms with Gasteiger partial charge in [0.05, 0.1) is 6.20 Å². The molecule has 3 rings (SSSR count). The Kier molecular flexibility index (Phi) is 3.46. The predicted molar refractivity (Wildman–Crippen MR) is 80.4 cm³/mol. The topological polar surface area (TPSA) is 63.7 Å². The molecule has 3 aromatic rings. The van der Waals surface area contributed by atoms with Gasteiger partial charge >= 0.3 is 5.82 Å². The molecular formula is C15H13FN4O2. The highest BCUT2D eigenvalue weighted by Crippen LogP contribution is 2.28. The molecule has 0 aliphatic carbocycles. The molecule has 0 fully saturated rings. The molecule has 112 valence electrons. The molecule has 2 heterocycles. The Morgan fingerprint density at radius 1 is 1.32 bits per heavy atom. The summed E-state index contributed by atoms with van der Waals surface area (Å²) in [6, 6.07) is 11.3. The third-order valence-electron chi connectivity index (χ3n) is 3.33. The van der Waals surface area contributed by atoms with Crippen molar-refractivity contribution in [1.82, 2.24) is 9.38 Å². The molecule has 0 spiro atoms. The highest BCUT2D eigenvalue weighted by molar-refractivity contribution is 5.63. The number of nitrogens with zero attached hydrogens (tertiary/aromatic N) is 4. The van der Waals surface area contributed by atoms with Crippen molar-refractivity contribution in [2.45, 2.75) is 6.54 Å². The zero-order valence-corrected chi connectivity index (χ0v) is 11.8. The molecule has 0 N–H and O–H groups in total. The van der Waals surface area contributed by atoms with Gasteiger partial charge in [-0.25, -0.2) is 4.39 Å². The van der Waals surface area contributed by atoms with Crippen LogP contribution in [0.4, 0.5) is 16.0 Å². The molecule has 0 aliphatic heterocycles. The SMILES string of the molecule is CN(Cc1cccc(F)c1)c1nc2ccccn2c1[N+](=O)[O-]. The van der Waals surface area contributed by atoms with E-state index in [0.717, 1.165) is 0 Å². The van der Waals surface area contributed by atoms with Crippen LogP contribution in [0.25, 0.3) is 5.65 Å². The molecule has 0 atom stereocenters. The Bertz CT molecular complexity index is 846. The Hall–Kier alpha value is -2.96. The van der Waals surface area contributed by atoms with Gasteiger partial charge in [0.25, 0.3) is 0 Å². The first-order chi connectivity index (χ1) is 10.6. The van der Waals surface area contributed by atoms with Crippen LogP contribution >= 0.6 is 0 Å². The lowest BCUT2D eigenvalue weighted by Gasteiger charge is -2.16. The number of hydrogen-bond donors (Lipinski definition) is 0. The maximum Gasteiger partial charge on any atom is 0.372 e. The van der Waals surface area contributed by atoms with Crippen LogP contribution < -0.4 is 4.90 Å². The Morgan fingerprint density at radius 2 is 2.14 bits per heavy atom. The number of anilines is 1. The van der Waals surface area contributed by atoms with Gasteiger partial charge in [0, 0.05) is 19.7 Å². The van der Waals surface area contributed by atoms with Crippen molar-refractivity contribution in [2.24, 2.45) is 0 Å². The van der Waals surface area contributed by atoms with Crippen LogP contribution in [0.5, 0.6) is 0 Å². The van der Waals surface area contributed by atoms with E-state index >= 15 is 0 Å². The number of fused-ring (bicyclic) bond motifs is 1. The summed E-state index contributed by atoms with van der Waals surface area (Å²) in [5.74, 6) is -0.189. The van der Waals surface area contributed by atoms with E-state index in [1.165, 1.54) is 16.5 Å². The Morgan fingerprint density at radius 3 is 2.86 bits per heavy atom. The van der Waals surface area contributed by atoms with Gasteiger partial charge in [-0.3, -0.25) is 0 Å². The van der Waals surface area contributed by atoms with Gasteiger partial charge in [-0.1, -0.05) is 18.2 Å². The van der Waals surface area contributed by atoms with Crippen LogP contribution in [-0.4, -0.2) is 21.4 Å². The third kappa shape index (κ3) is 2.48. The molecule has 0 aliphatic rings. The van der Waals surface area contributed by atoms with Crippen molar-refractivity contribution >= 4 is 17.3 Å². The van der Waals surface area contributed by atoms with E-state index in [2.05, 4.69) is 4.98 Å². The number of hydrogen-bond acceptors (Lipinski definition) is 4. The largest absolute Gasteiger partial charge is 0.372 e. The van der Waals surface area contributed by atoms with Crippen LogP contribution in [0.3, 0.4) is 0 Å². The van der Waals surface area contributed by atoms with Gasteiger partial charge < -0.3 is 15.0 Å². The standard InChI is InChI=1S/C15H13FN4O2/c1-18(10-11-5-4-6-12(16)9-11)14-15(20(21)22)19-8-3-2-7-13(19)17-14/h2-9H,10H2,1H3. The molecule has 6 nitrogen and oxygen atoms in total. The fourth-order valence-electron chi connectivity index (χ4n) is 2.38. The number of nitro groups is 1. The third-order valence-corrected chi connectivity index (χ3v) is 3.33. The first-order valence-corrected chi connectivity index (χ1v) is 6.63. The first-order valence-electron chi connectivity index (χ1n) is 6.63. The van der Waals surface area contributed by atoms with Crippen molar-refractivity contribution in [1.29, 1.82) is 0 Å². The second kappa shape index (κ2) is 5.44. The van der Waals surface area contributed by atoms with E-state index in [1.807, 2.05) is 0 Å². The van der Waals surface area contributed by atoms with Crippen LogP contribution in [0.15, 0.2) is 48.7 Å². The number of benzene rings is 1. The van der Waals surface area contributed by atoms with Gasteiger partial charge in [-0.05, 0) is 28.7 Å². The molecule has 0 saturated heterocycles. The minimum absolute atomic E-state index is 0.102. The van der Waals surface area contributed by atoms with E-state index in [4.69, 9.17) is 0 Å². The quantitative estimate of drug-likeness (QED) is 0.549. The van der Waals surface area contributed by atoms with Gasteiger partial charge in [-0.2, -0.15) is 9.38 Å². The number of rotatable bonds is 4. The van der Waals surface area contributed by atoms with Gasteiger partial charge in [0.1, 0.15) is 5.82 Å². The lowest BCUT2D eigenvalue weighted by Crippen LogP contribution is -2.18. The van der Waals surface area contributed by atoms with Crippen LogP contribution in [0.2, 0.25) is 0 Å². The zero-order valence-electron chi connectivity index (χ0n) is 11.8. The number of pyridine rings is 1. The second-order valence-electron chi connectivity index (χ2n) is 4.93. The second-order valence-corrected chi connectivity index (χ2v) is 4.93. The number of aromatic nitrogens is 2. The molecule has 0 unspecified atom stereocenters. The van der Waals surface area contributed by atoms with E-state index in [9.17, 15) is 14.5 Å². The Balaban J connectivity index is 2.01. The van der Waals surface area contributed by atoms with Gasteiger partial charge in [-0.15, -0.1) is 0 Å². The summed E-state index contributed by atoms with van der Waals surface area (Å²) >= 11 is 0. The van der Waals surface area contributed by atoms with Crippen molar-refractivity contribution in [3.05, 3.63) is 70.2 Å². The molecule has 0 bridgehead atoms. The van der Waals surface area contributed by atoms with Crippen LogP contribution in [-0.2, 0) is 6.54 Å². The van der Waals surface area contributed by atoms with Crippen molar-refractivity contribution in [3.63, 3.8) is 0 Å². The van der Waals surface area contributed by atoms with Crippen molar-refractivity contribution in [3.8, 4) is 0 Å². The lowest BCUT2D eigenvalue weighted by atomic mass is 10.2. The maximum absolute atomic E-state index is 13.2. The fraction of sp³-hybridized carbons (Fsp3) is 0.133. The van der Waals surface area contributed by atoms with E-state index in [-0.39, 0.29) is 17.5 Å². The molecule has 22 heavy (non-hydrogen) atoms. The molecule has 1 aromatic carbocycles. The number of halogens is 1. The fourth-order valence-corrected chi connectivity index (χ4v) is 2.38. The summed E-state index contributed by atoms with van der Waals surface area (Å²) < 4.78 is 14.7. The molecule has 0 radical (unpaired) electrons. The Labute approximate surface area is 125 Å². The van der Waals surface area contributed by atoms with Gasteiger partial charge in [0.15, 0.2) is 0 Å². The average molecular weight is 300 g/mol. The van der Waals surface area contributed by atoms with E-state index < -0.39 is 4.92 Å². The minimum Gasteiger partial charge on any atom is -0.358 e. The average Bonchev–Trinajstić information content (AvgIpc) is 2.87. The maximum atomic E-state index is 13.2. The van der Waals surface area contributed by atoms with Crippen molar-refractivity contribution < 1.29 is 9.31 Å². The van der Waals surface area contributed by atoms with Crippen LogP contribution in [0, 0.1) is 15.9 Å². The lowest BCUT2D eigenvalue weighted by molar-refractivity contribution is -0.389. The summed E-state index contributed by atoms with van der Waals surface area (Å²) in [7, 11) is 1.69. The zero-order chi connectivity index (χ0) is 15.7. The summed E-state index contributed by atoms with van der Waals surface area (Å²) in [6.45, 7) is 0.322. The molecule has 7 heteroatoms. The molecular weight excluding hydrogens is 287 g/mol. The summed E-state index contributed by atoms with van der Waals surface area (Å²) in [6.07, 6.45) is 1.60. The summed E-state index contributed by atoms with van der Waals surface area (Å²) in [4.78, 5) is 16.8. The smallest absolute Gasteiger partial charge is 0.358 e. The van der Waals surface area contributed by atoms with Crippen LogP contribution in [0.1, 0.15) is 5.56 Å². The normalized spacial score (nSPS) is 10.8. The minimum atomic E-state index is -0.461. The number of imidazole rings is 1. The molecule has 0 amide bonds.